The Hall–Kier alpha value is -3.00. The van der Waals surface area contributed by atoms with E-state index in [1.165, 1.54) is 0 Å². The molecule has 0 spiro atoms. The number of nitrogens with two attached hydrogens (primary N) is 1. The highest BCUT2D eigenvalue weighted by atomic mass is 16.2. The lowest BCUT2D eigenvalue weighted by molar-refractivity contribution is 0.102. The lowest BCUT2D eigenvalue weighted by atomic mass is 9.92. The predicted octanol–water partition coefficient (Wildman–Crippen LogP) is 2.36. The van der Waals surface area contributed by atoms with Crippen molar-refractivity contribution in [2.24, 2.45) is 5.73 Å². The van der Waals surface area contributed by atoms with E-state index in [0.717, 1.165) is 36.9 Å². The summed E-state index contributed by atoms with van der Waals surface area (Å²) in [5.74, 6) is -0.273. The standard InChI is InChI=1S/C18H21N7O/c19-13-4-6-15(7-5-13)25-10-17(23-24-25)18(26)22-14-3-1-2-12(8-14)16-9-20-11-21-16/h1-3,8-11,13,15H,4-7,19H2,(H,20,21)(H,22,26). The number of hydrogen-bond acceptors (Lipinski definition) is 5. The number of hydrogen-bond donors (Lipinski definition) is 3. The van der Waals surface area contributed by atoms with Gasteiger partial charge in [0.2, 0.25) is 0 Å². The van der Waals surface area contributed by atoms with Gasteiger partial charge in [0.25, 0.3) is 5.91 Å². The van der Waals surface area contributed by atoms with Gasteiger partial charge in [-0.2, -0.15) is 0 Å². The topological polar surface area (TPSA) is 115 Å². The number of nitrogens with zero attached hydrogens (tertiary/aromatic N) is 4. The number of carbonyl (C=O) groups is 1. The van der Waals surface area contributed by atoms with Gasteiger partial charge in [-0.1, -0.05) is 17.3 Å². The van der Waals surface area contributed by atoms with Gasteiger partial charge in [0.05, 0.1) is 30.5 Å². The maximum absolute atomic E-state index is 12.5. The first-order chi connectivity index (χ1) is 12.7. The molecule has 1 aliphatic carbocycles. The first-order valence-corrected chi connectivity index (χ1v) is 8.76. The van der Waals surface area contributed by atoms with Crippen LogP contribution < -0.4 is 11.1 Å². The molecular weight excluding hydrogens is 330 g/mol. The third-order valence-corrected chi connectivity index (χ3v) is 4.79. The maximum Gasteiger partial charge on any atom is 0.277 e. The number of imidazole rings is 1. The van der Waals surface area contributed by atoms with Crippen LogP contribution in [-0.4, -0.2) is 36.9 Å². The van der Waals surface area contributed by atoms with E-state index >= 15 is 0 Å². The van der Waals surface area contributed by atoms with Crippen molar-refractivity contribution < 1.29 is 4.79 Å². The number of benzene rings is 1. The second-order valence-electron chi connectivity index (χ2n) is 6.65. The van der Waals surface area contributed by atoms with Crippen molar-refractivity contribution in [3.05, 3.63) is 48.7 Å². The predicted molar refractivity (Wildman–Crippen MR) is 97.5 cm³/mol. The number of carbonyl (C=O) groups excluding carboxylic acids is 1. The molecule has 1 aliphatic rings. The van der Waals surface area contributed by atoms with Crippen LogP contribution in [0.5, 0.6) is 0 Å². The Morgan fingerprint density at radius 2 is 2.12 bits per heavy atom. The van der Waals surface area contributed by atoms with Gasteiger partial charge in [-0.3, -0.25) is 4.79 Å². The highest BCUT2D eigenvalue weighted by Crippen LogP contribution is 2.27. The molecule has 0 saturated heterocycles. The molecule has 0 aliphatic heterocycles. The lowest BCUT2D eigenvalue weighted by Crippen LogP contribution is -2.28. The van der Waals surface area contributed by atoms with Crippen molar-refractivity contribution in [1.82, 2.24) is 25.0 Å². The largest absolute Gasteiger partial charge is 0.345 e. The Balaban J connectivity index is 1.45. The van der Waals surface area contributed by atoms with Crippen molar-refractivity contribution in [2.45, 2.75) is 37.8 Å². The van der Waals surface area contributed by atoms with Crippen LogP contribution in [0, 0.1) is 0 Å². The molecule has 2 aromatic heterocycles. The van der Waals surface area contributed by atoms with Gasteiger partial charge in [-0.15, -0.1) is 5.10 Å². The molecule has 1 aromatic carbocycles. The summed E-state index contributed by atoms with van der Waals surface area (Å²) in [5.41, 5.74) is 8.79. The van der Waals surface area contributed by atoms with Crippen molar-refractivity contribution >= 4 is 11.6 Å². The Morgan fingerprint density at radius 3 is 2.88 bits per heavy atom. The molecule has 4 N–H and O–H groups in total. The fourth-order valence-electron chi connectivity index (χ4n) is 3.30. The number of aromatic nitrogens is 5. The Kier molecular flexibility index (Phi) is 4.49. The molecule has 3 aromatic rings. The van der Waals surface area contributed by atoms with Gasteiger partial charge in [0.1, 0.15) is 0 Å². The second kappa shape index (κ2) is 7.09. The number of amides is 1. The summed E-state index contributed by atoms with van der Waals surface area (Å²) in [6.07, 6.45) is 8.98. The Bertz CT molecular complexity index is 879. The smallest absolute Gasteiger partial charge is 0.277 e. The van der Waals surface area contributed by atoms with Crippen LogP contribution in [0.4, 0.5) is 5.69 Å². The van der Waals surface area contributed by atoms with Crippen LogP contribution in [0.1, 0.15) is 42.2 Å². The summed E-state index contributed by atoms with van der Waals surface area (Å²) in [4.78, 5) is 19.6. The lowest BCUT2D eigenvalue weighted by Gasteiger charge is -2.25. The summed E-state index contributed by atoms with van der Waals surface area (Å²) >= 11 is 0. The summed E-state index contributed by atoms with van der Waals surface area (Å²) in [5, 5.41) is 11.0. The fraction of sp³-hybridized carbons (Fsp3) is 0.333. The molecule has 8 nitrogen and oxygen atoms in total. The zero-order valence-electron chi connectivity index (χ0n) is 14.3. The van der Waals surface area contributed by atoms with Crippen LogP contribution in [0.3, 0.4) is 0 Å². The maximum atomic E-state index is 12.5. The van der Waals surface area contributed by atoms with Gasteiger partial charge in [0, 0.05) is 17.3 Å². The minimum atomic E-state index is -0.273. The zero-order chi connectivity index (χ0) is 17.9. The Morgan fingerprint density at radius 1 is 1.27 bits per heavy atom. The van der Waals surface area contributed by atoms with Crippen LogP contribution in [-0.2, 0) is 0 Å². The molecular formula is C18H21N7O. The van der Waals surface area contributed by atoms with Crippen molar-refractivity contribution in [3.8, 4) is 11.3 Å². The molecule has 4 rings (SSSR count). The number of nitrogens with one attached hydrogen (secondary N) is 2. The number of H-pyrrole nitrogens is 1. The van der Waals surface area contributed by atoms with Crippen LogP contribution >= 0.6 is 0 Å². The van der Waals surface area contributed by atoms with E-state index in [1.54, 1.807) is 23.4 Å². The van der Waals surface area contributed by atoms with Crippen LogP contribution in [0.15, 0.2) is 43.0 Å². The number of rotatable bonds is 4. The summed E-state index contributed by atoms with van der Waals surface area (Å²) < 4.78 is 1.79. The first-order valence-electron chi connectivity index (χ1n) is 8.76. The monoisotopic (exact) mass is 351 g/mol. The van der Waals surface area contributed by atoms with E-state index in [0.29, 0.717) is 11.4 Å². The molecule has 0 unspecified atom stereocenters. The highest BCUT2D eigenvalue weighted by Gasteiger charge is 2.22. The number of aromatic amines is 1. The summed E-state index contributed by atoms with van der Waals surface area (Å²) in [6.45, 7) is 0. The van der Waals surface area contributed by atoms with E-state index < -0.39 is 0 Å². The van der Waals surface area contributed by atoms with E-state index in [9.17, 15) is 4.79 Å². The molecule has 26 heavy (non-hydrogen) atoms. The quantitative estimate of drug-likeness (QED) is 0.667. The minimum absolute atomic E-state index is 0.271. The minimum Gasteiger partial charge on any atom is -0.345 e. The first kappa shape index (κ1) is 16.5. The van der Waals surface area contributed by atoms with E-state index in [4.69, 9.17) is 5.73 Å². The third kappa shape index (κ3) is 3.50. The molecule has 134 valence electrons. The van der Waals surface area contributed by atoms with Crippen LogP contribution in [0.25, 0.3) is 11.3 Å². The van der Waals surface area contributed by atoms with Gasteiger partial charge in [0.15, 0.2) is 5.69 Å². The third-order valence-electron chi connectivity index (χ3n) is 4.79. The van der Waals surface area contributed by atoms with Gasteiger partial charge < -0.3 is 16.0 Å². The molecule has 1 saturated carbocycles. The average Bonchev–Trinajstić information content (AvgIpc) is 3.35. The second-order valence-corrected chi connectivity index (χ2v) is 6.65. The summed E-state index contributed by atoms with van der Waals surface area (Å²) in [6, 6.07) is 8.11. The number of anilines is 1. The molecule has 2 heterocycles. The van der Waals surface area contributed by atoms with E-state index in [-0.39, 0.29) is 18.0 Å². The fourth-order valence-corrected chi connectivity index (χ4v) is 3.30. The van der Waals surface area contributed by atoms with Crippen LogP contribution in [0.2, 0.25) is 0 Å². The van der Waals surface area contributed by atoms with Gasteiger partial charge in [-0.05, 0) is 37.8 Å². The highest BCUT2D eigenvalue weighted by molar-refractivity contribution is 6.02. The molecule has 1 fully saturated rings. The molecule has 1 amide bonds. The van der Waals surface area contributed by atoms with Crippen molar-refractivity contribution in [2.75, 3.05) is 5.32 Å². The molecule has 0 radical (unpaired) electrons. The SMILES string of the molecule is NC1CCC(n2cc(C(=O)Nc3cccc(-c4cnc[nH]4)c3)nn2)CC1. The molecule has 0 bridgehead atoms. The average molecular weight is 351 g/mol. The van der Waals surface area contributed by atoms with Crippen molar-refractivity contribution in [3.63, 3.8) is 0 Å². The Labute approximate surface area is 150 Å². The van der Waals surface area contributed by atoms with Gasteiger partial charge in [-0.25, -0.2) is 9.67 Å². The molecule has 0 atom stereocenters. The normalized spacial score (nSPS) is 20.0. The van der Waals surface area contributed by atoms with E-state index in [2.05, 4.69) is 25.6 Å². The van der Waals surface area contributed by atoms with Crippen molar-refractivity contribution in [1.29, 1.82) is 0 Å². The van der Waals surface area contributed by atoms with E-state index in [1.807, 2.05) is 24.3 Å². The zero-order valence-corrected chi connectivity index (χ0v) is 14.3. The summed E-state index contributed by atoms with van der Waals surface area (Å²) in [7, 11) is 0. The molecule has 8 heteroatoms. The van der Waals surface area contributed by atoms with Gasteiger partial charge >= 0.3 is 0 Å².